The quantitative estimate of drug-likeness (QED) is 0.611. The first kappa shape index (κ1) is 12.0. The number of nitrogens with one attached hydrogen (secondary N) is 1. The predicted molar refractivity (Wildman–Crippen MR) is 63.5 cm³/mol. The molecule has 4 nitrogen and oxygen atoms in total. The van der Waals surface area contributed by atoms with E-state index in [-0.39, 0.29) is 24.4 Å². The van der Waals surface area contributed by atoms with Crippen LogP contribution in [0.15, 0.2) is 4.99 Å². The molecule has 16 heavy (non-hydrogen) atoms. The Hall–Kier alpha value is -0.450. The topological polar surface area (TPSA) is 64.9 Å². The van der Waals surface area contributed by atoms with Gasteiger partial charge in [-0.25, -0.2) is 0 Å². The van der Waals surface area contributed by atoms with Crippen LogP contribution in [0, 0.1) is 0 Å². The number of nitrogens with zero attached hydrogens (tertiary/aromatic N) is 1. The molecular formula is C12H22N2O2. The van der Waals surface area contributed by atoms with Gasteiger partial charge in [0.05, 0.1) is 12.1 Å². The molecule has 4 heteroatoms. The SMILES string of the molecule is OC1CCCC(N=CC2CCCC(O)N2)C1. The summed E-state index contributed by atoms with van der Waals surface area (Å²) in [7, 11) is 0. The highest BCUT2D eigenvalue weighted by Gasteiger charge is 2.20. The molecule has 1 saturated carbocycles. The Morgan fingerprint density at radius 3 is 2.62 bits per heavy atom. The van der Waals surface area contributed by atoms with Gasteiger partial charge in [0.1, 0.15) is 6.23 Å². The zero-order valence-corrected chi connectivity index (χ0v) is 9.68. The van der Waals surface area contributed by atoms with Crippen LogP contribution in [0.5, 0.6) is 0 Å². The van der Waals surface area contributed by atoms with E-state index in [1.165, 1.54) is 0 Å². The predicted octanol–water partition coefficient (Wildman–Crippen LogP) is 0.821. The fourth-order valence-corrected chi connectivity index (χ4v) is 2.56. The third-order valence-electron chi connectivity index (χ3n) is 3.49. The van der Waals surface area contributed by atoms with Gasteiger partial charge in [-0.3, -0.25) is 10.3 Å². The minimum Gasteiger partial charge on any atom is -0.393 e. The molecule has 1 aliphatic carbocycles. The number of aliphatic hydroxyl groups is 2. The van der Waals surface area contributed by atoms with Gasteiger partial charge in [0, 0.05) is 12.3 Å². The van der Waals surface area contributed by atoms with Crippen molar-refractivity contribution in [2.45, 2.75) is 69.4 Å². The first-order valence-electron chi connectivity index (χ1n) is 6.39. The minimum absolute atomic E-state index is 0.166. The van der Waals surface area contributed by atoms with Gasteiger partial charge in [-0.15, -0.1) is 0 Å². The van der Waals surface area contributed by atoms with Crippen molar-refractivity contribution in [1.82, 2.24) is 5.32 Å². The van der Waals surface area contributed by atoms with Gasteiger partial charge in [0.2, 0.25) is 0 Å². The lowest BCUT2D eigenvalue weighted by Gasteiger charge is -2.26. The van der Waals surface area contributed by atoms with Crippen LogP contribution in [0.1, 0.15) is 44.9 Å². The van der Waals surface area contributed by atoms with Gasteiger partial charge in [-0.2, -0.15) is 0 Å². The second-order valence-corrected chi connectivity index (χ2v) is 4.99. The average molecular weight is 226 g/mol. The molecule has 0 radical (unpaired) electrons. The van der Waals surface area contributed by atoms with Crippen molar-refractivity contribution in [1.29, 1.82) is 0 Å². The van der Waals surface area contributed by atoms with Gasteiger partial charge in [-0.1, -0.05) is 0 Å². The molecule has 1 saturated heterocycles. The number of aliphatic hydroxyl groups excluding tert-OH is 2. The molecule has 2 fully saturated rings. The van der Waals surface area contributed by atoms with Gasteiger partial charge >= 0.3 is 0 Å². The zero-order chi connectivity index (χ0) is 11.4. The number of aliphatic imine (C=N–C) groups is 1. The second-order valence-electron chi connectivity index (χ2n) is 4.99. The van der Waals surface area contributed by atoms with Crippen molar-refractivity contribution in [2.24, 2.45) is 4.99 Å². The molecule has 2 aliphatic rings. The molecule has 4 atom stereocenters. The summed E-state index contributed by atoms with van der Waals surface area (Å²) in [4.78, 5) is 4.53. The number of rotatable bonds is 2. The van der Waals surface area contributed by atoms with Crippen molar-refractivity contribution in [3.63, 3.8) is 0 Å². The highest BCUT2D eigenvalue weighted by molar-refractivity contribution is 5.64. The zero-order valence-electron chi connectivity index (χ0n) is 9.68. The number of hydrogen-bond donors (Lipinski definition) is 3. The molecule has 0 amide bonds. The van der Waals surface area contributed by atoms with E-state index in [4.69, 9.17) is 0 Å². The van der Waals surface area contributed by atoms with Crippen molar-refractivity contribution >= 4 is 6.21 Å². The summed E-state index contributed by atoms with van der Waals surface area (Å²) in [5.74, 6) is 0. The standard InChI is InChI=1S/C12H22N2O2/c15-11-5-1-3-9(7-11)13-8-10-4-2-6-12(16)14-10/h8-12,14-16H,1-7H2. The first-order chi connectivity index (χ1) is 7.74. The van der Waals surface area contributed by atoms with Crippen molar-refractivity contribution in [3.8, 4) is 0 Å². The molecule has 1 heterocycles. The van der Waals surface area contributed by atoms with Crippen molar-refractivity contribution < 1.29 is 10.2 Å². The maximum atomic E-state index is 9.53. The van der Waals surface area contributed by atoms with E-state index >= 15 is 0 Å². The van der Waals surface area contributed by atoms with E-state index in [1.54, 1.807) is 0 Å². The number of hydrogen-bond acceptors (Lipinski definition) is 4. The Morgan fingerprint density at radius 1 is 1.06 bits per heavy atom. The fraction of sp³-hybridized carbons (Fsp3) is 0.917. The molecule has 0 aromatic rings. The largest absolute Gasteiger partial charge is 0.393 e. The smallest absolute Gasteiger partial charge is 0.105 e. The highest BCUT2D eigenvalue weighted by atomic mass is 16.3. The molecule has 3 N–H and O–H groups in total. The van der Waals surface area contributed by atoms with Crippen LogP contribution in [-0.2, 0) is 0 Å². The van der Waals surface area contributed by atoms with Crippen LogP contribution in [0.3, 0.4) is 0 Å². The molecule has 1 aliphatic heterocycles. The first-order valence-corrected chi connectivity index (χ1v) is 6.39. The van der Waals surface area contributed by atoms with Gasteiger partial charge in [0.15, 0.2) is 0 Å². The summed E-state index contributed by atoms with van der Waals surface area (Å²) < 4.78 is 0. The Balaban J connectivity index is 1.78. The Kier molecular flexibility index (Phi) is 4.32. The third-order valence-corrected chi connectivity index (χ3v) is 3.49. The lowest BCUT2D eigenvalue weighted by Crippen LogP contribution is -2.43. The third kappa shape index (κ3) is 3.54. The maximum Gasteiger partial charge on any atom is 0.105 e. The minimum atomic E-state index is -0.373. The second kappa shape index (κ2) is 5.75. The molecule has 0 bridgehead atoms. The molecule has 0 aromatic carbocycles. The van der Waals surface area contributed by atoms with Crippen LogP contribution in [0.4, 0.5) is 0 Å². The Morgan fingerprint density at radius 2 is 1.88 bits per heavy atom. The number of piperidine rings is 1. The van der Waals surface area contributed by atoms with Crippen LogP contribution < -0.4 is 5.32 Å². The van der Waals surface area contributed by atoms with Crippen molar-refractivity contribution in [3.05, 3.63) is 0 Å². The summed E-state index contributed by atoms with van der Waals surface area (Å²) >= 11 is 0. The van der Waals surface area contributed by atoms with E-state index in [0.29, 0.717) is 0 Å². The summed E-state index contributed by atoms with van der Waals surface area (Å²) in [5, 5.41) is 22.1. The van der Waals surface area contributed by atoms with Gasteiger partial charge in [0.25, 0.3) is 0 Å². The molecule has 0 aromatic heterocycles. The molecule has 2 rings (SSSR count). The summed E-state index contributed by atoms with van der Waals surface area (Å²) in [6.45, 7) is 0. The molecule has 92 valence electrons. The van der Waals surface area contributed by atoms with E-state index in [9.17, 15) is 10.2 Å². The molecule has 4 unspecified atom stereocenters. The summed E-state index contributed by atoms with van der Waals surface area (Å²) in [6, 6.07) is 0.493. The maximum absolute atomic E-state index is 9.53. The van der Waals surface area contributed by atoms with Crippen LogP contribution in [-0.4, -0.2) is 40.8 Å². The van der Waals surface area contributed by atoms with Gasteiger partial charge < -0.3 is 10.2 Å². The summed E-state index contributed by atoms with van der Waals surface area (Å²) in [6.07, 6.45) is 8.22. The fourth-order valence-electron chi connectivity index (χ4n) is 2.56. The molecular weight excluding hydrogens is 204 g/mol. The average Bonchev–Trinajstić information content (AvgIpc) is 2.27. The van der Waals surface area contributed by atoms with E-state index in [1.807, 2.05) is 6.21 Å². The Bertz CT molecular complexity index is 221. The lowest BCUT2D eigenvalue weighted by molar-refractivity contribution is 0.0984. The van der Waals surface area contributed by atoms with Crippen LogP contribution in [0.2, 0.25) is 0 Å². The van der Waals surface area contributed by atoms with E-state index in [0.717, 1.165) is 44.9 Å². The molecule has 0 spiro atoms. The normalized spacial score (nSPS) is 41.4. The monoisotopic (exact) mass is 226 g/mol. The van der Waals surface area contributed by atoms with Crippen molar-refractivity contribution in [2.75, 3.05) is 0 Å². The lowest BCUT2D eigenvalue weighted by atomic mass is 9.93. The highest BCUT2D eigenvalue weighted by Crippen LogP contribution is 2.21. The summed E-state index contributed by atoms with van der Waals surface area (Å²) in [5.41, 5.74) is 0. The van der Waals surface area contributed by atoms with E-state index in [2.05, 4.69) is 10.3 Å². The Labute approximate surface area is 96.8 Å². The van der Waals surface area contributed by atoms with Gasteiger partial charge in [-0.05, 0) is 44.9 Å². The van der Waals surface area contributed by atoms with Crippen LogP contribution in [0.25, 0.3) is 0 Å². The van der Waals surface area contributed by atoms with Crippen LogP contribution >= 0.6 is 0 Å². The van der Waals surface area contributed by atoms with E-state index < -0.39 is 0 Å².